The number of aromatic amines is 1. The minimum Gasteiger partial charge on any atom is -0.396 e. The third-order valence-electron chi connectivity index (χ3n) is 4.14. The van der Waals surface area contributed by atoms with E-state index in [0.29, 0.717) is 24.4 Å². The van der Waals surface area contributed by atoms with Crippen LogP contribution in [0.2, 0.25) is 0 Å². The van der Waals surface area contributed by atoms with Crippen LogP contribution >= 0.6 is 0 Å². The van der Waals surface area contributed by atoms with Gasteiger partial charge in [0.2, 0.25) is 0 Å². The number of nitrogens with one attached hydrogen (secondary N) is 1. The second kappa shape index (κ2) is 6.29. The molecule has 6 heteroatoms. The summed E-state index contributed by atoms with van der Waals surface area (Å²) in [5.41, 5.74) is 1.92. The smallest absolute Gasteiger partial charge is 0.272 e. The van der Waals surface area contributed by atoms with Gasteiger partial charge in [-0.25, -0.2) is 4.98 Å². The van der Waals surface area contributed by atoms with Crippen LogP contribution < -0.4 is 0 Å². The number of rotatable bonds is 3. The Morgan fingerprint density at radius 3 is 2.82 bits per heavy atom. The number of likely N-dealkylation sites (tertiary alicyclic amines) is 1. The molecule has 0 unspecified atom stereocenters. The molecule has 2 atom stereocenters. The molecule has 0 spiro atoms. The molecule has 1 saturated heterocycles. The maximum absolute atomic E-state index is 12.7. The maximum atomic E-state index is 12.7. The lowest BCUT2D eigenvalue weighted by atomic mass is 9.94. The van der Waals surface area contributed by atoms with Crippen molar-refractivity contribution in [2.75, 3.05) is 19.7 Å². The monoisotopic (exact) mass is 301 g/mol. The molecule has 0 saturated carbocycles. The highest BCUT2D eigenvalue weighted by molar-refractivity contribution is 5.98. The van der Waals surface area contributed by atoms with Crippen molar-refractivity contribution in [2.45, 2.75) is 12.5 Å². The molecule has 3 N–H and O–H groups in total. The fourth-order valence-electron chi connectivity index (χ4n) is 2.81. The van der Waals surface area contributed by atoms with Crippen molar-refractivity contribution in [2.24, 2.45) is 5.92 Å². The lowest BCUT2D eigenvalue weighted by Gasteiger charge is -2.34. The molecule has 0 aliphatic carbocycles. The molecule has 1 aliphatic rings. The van der Waals surface area contributed by atoms with E-state index in [1.54, 1.807) is 4.90 Å². The van der Waals surface area contributed by atoms with Gasteiger partial charge >= 0.3 is 0 Å². The van der Waals surface area contributed by atoms with Crippen LogP contribution in [0.25, 0.3) is 11.3 Å². The molecule has 3 rings (SSSR count). The molecule has 22 heavy (non-hydrogen) atoms. The van der Waals surface area contributed by atoms with Crippen LogP contribution in [-0.2, 0) is 0 Å². The van der Waals surface area contributed by atoms with Crippen LogP contribution in [0, 0.1) is 5.92 Å². The summed E-state index contributed by atoms with van der Waals surface area (Å²) < 4.78 is 0. The Balaban J connectivity index is 1.81. The molecular weight excluding hydrogens is 282 g/mol. The summed E-state index contributed by atoms with van der Waals surface area (Å²) in [6.45, 7) is 0.703. The Morgan fingerprint density at radius 1 is 1.36 bits per heavy atom. The normalized spacial score (nSPS) is 21.8. The highest BCUT2D eigenvalue weighted by Gasteiger charge is 2.31. The van der Waals surface area contributed by atoms with Gasteiger partial charge in [-0.3, -0.25) is 4.79 Å². The van der Waals surface area contributed by atoms with Gasteiger partial charge in [0.05, 0.1) is 12.4 Å². The van der Waals surface area contributed by atoms with E-state index in [4.69, 9.17) is 0 Å². The van der Waals surface area contributed by atoms with Gasteiger partial charge in [-0.1, -0.05) is 30.3 Å². The first-order valence-corrected chi connectivity index (χ1v) is 7.37. The van der Waals surface area contributed by atoms with Gasteiger partial charge in [0.25, 0.3) is 5.91 Å². The van der Waals surface area contributed by atoms with Crippen LogP contribution in [0.4, 0.5) is 0 Å². The lowest BCUT2D eigenvalue weighted by molar-refractivity contribution is 0.000709. The van der Waals surface area contributed by atoms with Crippen molar-refractivity contribution in [1.82, 2.24) is 14.9 Å². The quantitative estimate of drug-likeness (QED) is 0.785. The number of aliphatic hydroxyl groups excluding tert-OH is 2. The SMILES string of the molecule is O=C(c1[nH]cnc1-c1ccccc1)N1CC[C@H](CO)[C@H](O)C1. The Bertz CT molecular complexity index is 641. The van der Waals surface area contributed by atoms with Crippen LogP contribution in [0.15, 0.2) is 36.7 Å². The van der Waals surface area contributed by atoms with E-state index in [1.807, 2.05) is 30.3 Å². The lowest BCUT2D eigenvalue weighted by Crippen LogP contribution is -2.47. The predicted molar refractivity (Wildman–Crippen MR) is 81.1 cm³/mol. The van der Waals surface area contributed by atoms with Crippen molar-refractivity contribution in [1.29, 1.82) is 0 Å². The van der Waals surface area contributed by atoms with Crippen molar-refractivity contribution in [3.8, 4) is 11.3 Å². The molecule has 0 radical (unpaired) electrons. The summed E-state index contributed by atoms with van der Waals surface area (Å²) in [6, 6.07) is 9.51. The molecule has 1 aliphatic heterocycles. The summed E-state index contributed by atoms with van der Waals surface area (Å²) in [5.74, 6) is -0.328. The van der Waals surface area contributed by atoms with Gasteiger partial charge in [0, 0.05) is 31.2 Å². The minimum atomic E-state index is -0.689. The first-order valence-electron chi connectivity index (χ1n) is 7.37. The van der Waals surface area contributed by atoms with Crippen molar-refractivity contribution >= 4 is 5.91 Å². The van der Waals surface area contributed by atoms with Crippen LogP contribution in [-0.4, -0.2) is 56.8 Å². The summed E-state index contributed by atoms with van der Waals surface area (Å²) in [6.07, 6.45) is 1.41. The molecule has 1 fully saturated rings. The fourth-order valence-corrected chi connectivity index (χ4v) is 2.81. The van der Waals surface area contributed by atoms with E-state index in [0.717, 1.165) is 5.56 Å². The summed E-state index contributed by atoms with van der Waals surface area (Å²) in [4.78, 5) is 21.4. The molecule has 2 aromatic rings. The zero-order chi connectivity index (χ0) is 15.5. The summed E-state index contributed by atoms with van der Waals surface area (Å²) in [5, 5.41) is 19.2. The highest BCUT2D eigenvalue weighted by atomic mass is 16.3. The Hall–Kier alpha value is -2.18. The van der Waals surface area contributed by atoms with Crippen molar-refractivity contribution < 1.29 is 15.0 Å². The Morgan fingerprint density at radius 2 is 2.14 bits per heavy atom. The Kier molecular flexibility index (Phi) is 4.22. The van der Waals surface area contributed by atoms with Crippen LogP contribution in [0.5, 0.6) is 0 Å². The van der Waals surface area contributed by atoms with Crippen molar-refractivity contribution in [3.05, 3.63) is 42.4 Å². The van der Waals surface area contributed by atoms with Crippen molar-refractivity contribution in [3.63, 3.8) is 0 Å². The van der Waals surface area contributed by atoms with Crippen LogP contribution in [0.3, 0.4) is 0 Å². The number of amides is 1. The maximum Gasteiger partial charge on any atom is 0.272 e. The zero-order valence-electron chi connectivity index (χ0n) is 12.1. The van der Waals surface area contributed by atoms with E-state index >= 15 is 0 Å². The van der Waals surface area contributed by atoms with E-state index in [2.05, 4.69) is 9.97 Å². The molecular formula is C16H19N3O3. The van der Waals surface area contributed by atoms with Gasteiger partial charge in [-0.2, -0.15) is 0 Å². The third-order valence-corrected chi connectivity index (χ3v) is 4.14. The van der Waals surface area contributed by atoms with Crippen LogP contribution in [0.1, 0.15) is 16.9 Å². The largest absolute Gasteiger partial charge is 0.396 e. The molecule has 116 valence electrons. The number of hydrogen-bond donors (Lipinski definition) is 3. The van der Waals surface area contributed by atoms with Gasteiger partial charge in [0.1, 0.15) is 11.4 Å². The number of nitrogens with zero attached hydrogens (tertiary/aromatic N) is 2. The van der Waals surface area contributed by atoms with E-state index in [1.165, 1.54) is 6.33 Å². The number of carbonyl (C=O) groups excluding carboxylic acids is 1. The fraction of sp³-hybridized carbons (Fsp3) is 0.375. The summed E-state index contributed by atoms with van der Waals surface area (Å²) >= 11 is 0. The second-order valence-corrected chi connectivity index (χ2v) is 5.54. The number of aliphatic hydroxyl groups is 2. The number of carbonyl (C=O) groups is 1. The minimum absolute atomic E-state index is 0.0531. The first kappa shape index (κ1) is 14.7. The van der Waals surface area contributed by atoms with Gasteiger partial charge < -0.3 is 20.1 Å². The molecule has 0 bridgehead atoms. The molecule has 2 heterocycles. The second-order valence-electron chi connectivity index (χ2n) is 5.54. The standard InChI is InChI=1S/C16H19N3O3/c20-9-12-6-7-19(8-13(12)21)16(22)15-14(17-10-18-15)11-4-2-1-3-5-11/h1-5,10,12-13,20-21H,6-9H2,(H,17,18)/t12-,13-/m1/s1. The summed E-state index contributed by atoms with van der Waals surface area (Å²) in [7, 11) is 0. The zero-order valence-corrected chi connectivity index (χ0v) is 12.1. The number of aromatic nitrogens is 2. The van der Waals surface area contributed by atoms with Gasteiger partial charge in [-0.15, -0.1) is 0 Å². The number of hydrogen-bond acceptors (Lipinski definition) is 4. The number of H-pyrrole nitrogens is 1. The predicted octanol–water partition coefficient (Wildman–Crippen LogP) is 0.892. The van der Waals surface area contributed by atoms with E-state index < -0.39 is 6.10 Å². The molecule has 6 nitrogen and oxygen atoms in total. The van der Waals surface area contributed by atoms with E-state index in [9.17, 15) is 15.0 Å². The highest BCUT2D eigenvalue weighted by Crippen LogP contribution is 2.24. The number of piperidine rings is 1. The first-order chi connectivity index (χ1) is 10.7. The molecule has 1 amide bonds. The van der Waals surface area contributed by atoms with Gasteiger partial charge in [-0.05, 0) is 6.42 Å². The number of imidazole rings is 1. The van der Waals surface area contributed by atoms with Gasteiger partial charge in [0.15, 0.2) is 0 Å². The van der Waals surface area contributed by atoms with E-state index in [-0.39, 0.29) is 25.0 Å². The molecule has 1 aromatic carbocycles. The average molecular weight is 301 g/mol. The average Bonchev–Trinajstić information content (AvgIpc) is 3.04. The topological polar surface area (TPSA) is 89.5 Å². The Labute approximate surface area is 128 Å². The number of benzene rings is 1. The number of β-amino-alcohol motifs (C(OH)–C–C–N with tert-alkyl or cyclic N) is 1. The molecule has 1 aromatic heterocycles. The third kappa shape index (κ3) is 2.75.